The number of hydrogen-bond acceptors (Lipinski definition) is 8. The zero-order valence-electron chi connectivity index (χ0n) is 23.4. The van der Waals surface area contributed by atoms with Crippen LogP contribution in [-0.2, 0) is 11.3 Å². The number of piperazine rings is 1. The Bertz CT molecular complexity index is 1790. The van der Waals surface area contributed by atoms with E-state index in [1.165, 1.54) is 12.1 Å². The van der Waals surface area contributed by atoms with E-state index in [0.29, 0.717) is 53.6 Å². The zero-order valence-corrected chi connectivity index (χ0v) is 23.4. The lowest BCUT2D eigenvalue weighted by Gasteiger charge is -2.33. The first-order chi connectivity index (χ1) is 20.5. The summed E-state index contributed by atoms with van der Waals surface area (Å²) in [5.41, 5.74) is 3.85. The van der Waals surface area contributed by atoms with Crippen LogP contribution in [0.3, 0.4) is 0 Å². The quantitative estimate of drug-likeness (QED) is 0.379. The lowest BCUT2D eigenvalue weighted by atomic mass is 10.1. The molecule has 0 spiro atoms. The zero-order chi connectivity index (χ0) is 28.4. The third-order valence-electron chi connectivity index (χ3n) is 8.97. The van der Waals surface area contributed by atoms with E-state index < -0.39 is 0 Å². The number of rotatable bonds is 3. The molecule has 214 valence electrons. The van der Waals surface area contributed by atoms with Gasteiger partial charge in [0, 0.05) is 49.3 Å². The van der Waals surface area contributed by atoms with Gasteiger partial charge in [-0.2, -0.15) is 4.98 Å². The van der Waals surface area contributed by atoms with Crippen molar-refractivity contribution in [3.05, 3.63) is 71.2 Å². The van der Waals surface area contributed by atoms with Crippen molar-refractivity contribution in [2.75, 3.05) is 48.4 Å². The molecule has 4 bridgehead atoms. The molecule has 11 nitrogen and oxygen atoms in total. The van der Waals surface area contributed by atoms with Gasteiger partial charge in [0.1, 0.15) is 11.1 Å². The molecular formula is C31H32N8O3. The van der Waals surface area contributed by atoms with Crippen LogP contribution in [0, 0.1) is 0 Å². The summed E-state index contributed by atoms with van der Waals surface area (Å²) in [4.78, 5) is 42.4. The third kappa shape index (κ3) is 4.06. The van der Waals surface area contributed by atoms with Gasteiger partial charge in [0.2, 0.25) is 5.95 Å². The van der Waals surface area contributed by atoms with Crippen LogP contribution < -0.4 is 25.4 Å². The Morgan fingerprint density at radius 2 is 1.86 bits per heavy atom. The summed E-state index contributed by atoms with van der Waals surface area (Å²) in [6.45, 7) is 3.20. The maximum absolute atomic E-state index is 13.6. The summed E-state index contributed by atoms with van der Waals surface area (Å²) >= 11 is 0. The number of amides is 1. The van der Waals surface area contributed by atoms with Gasteiger partial charge in [-0.3, -0.25) is 14.5 Å². The van der Waals surface area contributed by atoms with Crippen molar-refractivity contribution in [1.82, 2.24) is 24.2 Å². The number of carbonyl (C=O) groups is 1. The predicted octanol–water partition coefficient (Wildman–Crippen LogP) is 3.29. The number of likely N-dealkylation sites (tertiary alicyclic amines) is 1. The predicted molar refractivity (Wildman–Crippen MR) is 161 cm³/mol. The Morgan fingerprint density at radius 1 is 1.00 bits per heavy atom. The third-order valence-corrected chi connectivity index (χ3v) is 8.97. The topological polar surface area (TPSA) is 101 Å². The SMILES string of the molecule is CN1CC2CC1CN2c1ccc(Nc2ncc3c(=O)n4n(c3n2)-c2ccc3c(c2)N(CCCC=CC4)C(=O)CO3)cc1. The fourth-order valence-electron chi connectivity index (χ4n) is 6.79. The van der Waals surface area contributed by atoms with Crippen molar-refractivity contribution < 1.29 is 9.53 Å². The Morgan fingerprint density at radius 3 is 2.67 bits per heavy atom. The number of benzene rings is 2. The van der Waals surface area contributed by atoms with E-state index in [-0.39, 0.29) is 18.1 Å². The Kier molecular flexibility index (Phi) is 5.81. The summed E-state index contributed by atoms with van der Waals surface area (Å²) in [6, 6.07) is 15.3. The number of nitrogens with one attached hydrogen (secondary N) is 1. The van der Waals surface area contributed by atoms with Crippen molar-refractivity contribution >= 4 is 40.0 Å². The number of allylic oxidation sites excluding steroid dienone is 2. The molecular weight excluding hydrogens is 532 g/mol. The van der Waals surface area contributed by atoms with Crippen LogP contribution in [0.2, 0.25) is 0 Å². The maximum Gasteiger partial charge on any atom is 0.278 e. The molecule has 4 aliphatic rings. The Hall–Kier alpha value is -4.64. The van der Waals surface area contributed by atoms with Gasteiger partial charge in [-0.05, 0) is 68.8 Å². The van der Waals surface area contributed by atoms with Gasteiger partial charge < -0.3 is 19.9 Å². The fourth-order valence-corrected chi connectivity index (χ4v) is 6.79. The summed E-state index contributed by atoms with van der Waals surface area (Å²) < 4.78 is 9.20. The molecule has 0 aliphatic carbocycles. The van der Waals surface area contributed by atoms with Crippen LogP contribution in [-0.4, -0.2) is 75.5 Å². The molecule has 2 fully saturated rings. The first-order valence-corrected chi connectivity index (χ1v) is 14.6. The number of nitrogens with zero attached hydrogens (tertiary/aromatic N) is 7. The maximum atomic E-state index is 13.6. The van der Waals surface area contributed by atoms with Gasteiger partial charge in [0.05, 0.1) is 17.9 Å². The molecule has 11 heteroatoms. The highest BCUT2D eigenvalue weighted by molar-refractivity contribution is 5.98. The minimum Gasteiger partial charge on any atom is -0.482 e. The van der Waals surface area contributed by atoms with E-state index in [2.05, 4.69) is 57.5 Å². The van der Waals surface area contributed by atoms with Crippen molar-refractivity contribution in [1.29, 1.82) is 0 Å². The molecule has 0 saturated carbocycles. The molecule has 2 aromatic carbocycles. The molecule has 2 aromatic heterocycles. The molecule has 0 radical (unpaired) electrons. The number of likely N-dealkylation sites (N-methyl/N-ethyl adjacent to an activating group) is 1. The van der Waals surface area contributed by atoms with Crippen molar-refractivity contribution in [3.63, 3.8) is 0 Å². The number of ether oxygens (including phenoxy) is 1. The summed E-state index contributed by atoms with van der Waals surface area (Å²) in [6.07, 6.45) is 8.49. The number of aromatic nitrogens is 4. The van der Waals surface area contributed by atoms with Crippen molar-refractivity contribution in [2.24, 2.45) is 0 Å². The molecule has 4 aliphatic heterocycles. The second-order valence-corrected chi connectivity index (χ2v) is 11.5. The van der Waals surface area contributed by atoms with Gasteiger partial charge in [-0.15, -0.1) is 0 Å². The highest BCUT2D eigenvalue weighted by Crippen LogP contribution is 2.36. The van der Waals surface area contributed by atoms with Gasteiger partial charge in [-0.1, -0.05) is 12.2 Å². The van der Waals surface area contributed by atoms with E-state index in [0.717, 1.165) is 37.3 Å². The second kappa shape index (κ2) is 9.73. The van der Waals surface area contributed by atoms with E-state index >= 15 is 0 Å². The van der Waals surface area contributed by atoms with Crippen LogP contribution in [0.1, 0.15) is 19.3 Å². The van der Waals surface area contributed by atoms with Crippen molar-refractivity contribution in [2.45, 2.75) is 37.9 Å². The fraction of sp³-hybridized carbons (Fsp3) is 0.355. The van der Waals surface area contributed by atoms with Crippen LogP contribution in [0.15, 0.2) is 65.6 Å². The van der Waals surface area contributed by atoms with Gasteiger partial charge >= 0.3 is 0 Å². The number of anilines is 4. The first-order valence-electron chi connectivity index (χ1n) is 14.6. The molecule has 42 heavy (non-hydrogen) atoms. The van der Waals surface area contributed by atoms with Gasteiger partial charge in [0.15, 0.2) is 12.3 Å². The second-order valence-electron chi connectivity index (χ2n) is 11.5. The molecule has 2 unspecified atom stereocenters. The van der Waals surface area contributed by atoms with E-state index in [1.807, 2.05) is 29.0 Å². The minimum absolute atomic E-state index is 0.0268. The van der Waals surface area contributed by atoms with Gasteiger partial charge in [0.25, 0.3) is 11.5 Å². The molecule has 6 heterocycles. The molecule has 8 rings (SSSR count). The Balaban J connectivity index is 1.16. The molecule has 2 atom stereocenters. The highest BCUT2D eigenvalue weighted by atomic mass is 16.5. The van der Waals surface area contributed by atoms with E-state index in [9.17, 15) is 9.59 Å². The lowest BCUT2D eigenvalue weighted by Crippen LogP contribution is -2.44. The molecule has 1 N–H and O–H groups in total. The smallest absolute Gasteiger partial charge is 0.278 e. The van der Waals surface area contributed by atoms with Gasteiger partial charge in [-0.25, -0.2) is 14.3 Å². The minimum atomic E-state index is -0.171. The average Bonchev–Trinajstić information content (AvgIpc) is 3.66. The highest BCUT2D eigenvalue weighted by Gasteiger charge is 2.41. The van der Waals surface area contributed by atoms with Crippen molar-refractivity contribution in [3.8, 4) is 11.4 Å². The molecule has 1 amide bonds. The van der Waals surface area contributed by atoms with E-state index in [1.54, 1.807) is 15.8 Å². The van der Waals surface area contributed by atoms with E-state index in [4.69, 9.17) is 9.72 Å². The van der Waals surface area contributed by atoms with Crippen LogP contribution in [0.5, 0.6) is 5.75 Å². The number of hydrogen-bond donors (Lipinski definition) is 1. The first kappa shape index (κ1) is 25.1. The number of fused-ring (bicyclic) bond motifs is 7. The van der Waals surface area contributed by atoms with Crippen LogP contribution in [0.4, 0.5) is 23.0 Å². The average molecular weight is 565 g/mol. The normalized spacial score (nSPS) is 21.7. The standard InChI is InChI=1S/C31H32N8O3/c1-35-17-24-14-23(35)18-37(24)21-8-6-20(7-9-21)33-31-32-16-25-29(34-31)39-22-10-11-27-26(15-22)36(28(40)19-42-27)12-4-2-3-5-13-38(39)30(25)41/h3,5-11,15-16,23-24H,2,4,12-14,17-19H2,1H3,(H,32,33,34). The molecule has 4 aromatic rings. The number of carbonyl (C=O) groups excluding carboxylic acids is 1. The van der Waals surface area contributed by atoms with Crippen LogP contribution >= 0.6 is 0 Å². The lowest BCUT2D eigenvalue weighted by molar-refractivity contribution is -0.121. The van der Waals surface area contributed by atoms with Crippen LogP contribution in [0.25, 0.3) is 16.7 Å². The largest absolute Gasteiger partial charge is 0.482 e. The summed E-state index contributed by atoms with van der Waals surface area (Å²) in [5.74, 6) is 0.989. The Labute approximate surface area is 242 Å². The monoisotopic (exact) mass is 564 g/mol. The summed E-state index contributed by atoms with van der Waals surface area (Å²) in [7, 11) is 2.21. The summed E-state index contributed by atoms with van der Waals surface area (Å²) in [5, 5.41) is 3.75. The molecule has 2 saturated heterocycles.